The summed E-state index contributed by atoms with van der Waals surface area (Å²) in [5.74, 6) is 0.00801. The molecule has 1 saturated heterocycles. The van der Waals surface area contributed by atoms with Gasteiger partial charge in [-0.3, -0.25) is 19.9 Å². The first-order chi connectivity index (χ1) is 16.6. The predicted molar refractivity (Wildman–Crippen MR) is 138 cm³/mol. The van der Waals surface area contributed by atoms with Gasteiger partial charge in [0, 0.05) is 36.4 Å². The summed E-state index contributed by atoms with van der Waals surface area (Å²) in [6.45, 7) is 6.24. The van der Waals surface area contributed by atoms with E-state index in [9.17, 15) is 9.59 Å². The predicted octanol–water partition coefficient (Wildman–Crippen LogP) is 4.05. The van der Waals surface area contributed by atoms with Crippen molar-refractivity contribution < 1.29 is 9.59 Å². The Hall–Kier alpha value is -3.30. The standard InChI is InChI=1S/C25H28N6O2S/c1-3-18(12-22-23(32)31-25(33)34-22)29-24(26-2)30-20-10-8-19(9-11-20)28-15-17-14-27-13-16-6-4-5-7-21(16)17/h3-7,12-14,19-20,28H,2,8-11,15H2,1H3,(H,29,30)(H,31,32,33)/b18-3-,22-12-/t19-,20-. The smallest absolute Gasteiger partial charge is 0.290 e. The van der Waals surface area contributed by atoms with E-state index in [0.717, 1.165) is 49.4 Å². The fraction of sp³-hybridized carbons (Fsp3) is 0.320. The maximum Gasteiger partial charge on any atom is 0.290 e. The average molecular weight is 477 g/mol. The van der Waals surface area contributed by atoms with Gasteiger partial charge in [0.05, 0.1) is 10.6 Å². The molecule has 0 unspecified atom stereocenters. The van der Waals surface area contributed by atoms with Crippen molar-refractivity contribution in [3.63, 3.8) is 0 Å². The zero-order valence-corrected chi connectivity index (χ0v) is 19.9. The molecule has 1 saturated carbocycles. The quantitative estimate of drug-likeness (QED) is 0.330. The maximum absolute atomic E-state index is 11.8. The molecule has 8 nitrogen and oxygen atoms in total. The SMILES string of the molecule is C=N\C(=N/C(=C\C)/C=C1\SC(=O)NC1=O)N[C@H]1CC[C@H](NCc2cncc3ccccc23)CC1. The molecule has 0 radical (unpaired) electrons. The number of guanidine groups is 1. The van der Waals surface area contributed by atoms with E-state index in [1.807, 2.05) is 25.4 Å². The molecule has 0 atom stereocenters. The molecule has 2 amide bonds. The number of allylic oxidation sites excluding steroid dienone is 2. The molecule has 9 heteroatoms. The number of imide groups is 1. The molecule has 0 bridgehead atoms. The number of nitrogens with zero attached hydrogens (tertiary/aromatic N) is 3. The summed E-state index contributed by atoms with van der Waals surface area (Å²) in [6, 6.07) is 9.02. The van der Waals surface area contributed by atoms with Gasteiger partial charge in [-0.25, -0.2) is 9.98 Å². The van der Waals surface area contributed by atoms with E-state index in [1.54, 1.807) is 12.2 Å². The van der Waals surface area contributed by atoms with Gasteiger partial charge in [0.1, 0.15) is 0 Å². The highest BCUT2D eigenvalue weighted by molar-refractivity contribution is 8.18. The van der Waals surface area contributed by atoms with E-state index in [0.29, 0.717) is 22.6 Å². The molecule has 1 aromatic carbocycles. The van der Waals surface area contributed by atoms with E-state index < -0.39 is 5.91 Å². The third-order valence-corrected chi connectivity index (χ3v) is 6.80. The van der Waals surface area contributed by atoms with Gasteiger partial charge < -0.3 is 10.6 Å². The van der Waals surface area contributed by atoms with Crippen LogP contribution in [0.1, 0.15) is 38.2 Å². The minimum Gasteiger partial charge on any atom is -0.351 e. The lowest BCUT2D eigenvalue weighted by molar-refractivity contribution is -0.115. The Morgan fingerprint density at radius 1 is 1.21 bits per heavy atom. The van der Waals surface area contributed by atoms with Gasteiger partial charge in [-0.15, -0.1) is 0 Å². The number of pyridine rings is 1. The Morgan fingerprint density at radius 3 is 2.68 bits per heavy atom. The fourth-order valence-corrected chi connectivity index (χ4v) is 4.84. The normalized spacial score (nSPS) is 22.8. The van der Waals surface area contributed by atoms with Crippen molar-refractivity contribution in [3.8, 4) is 0 Å². The largest absolute Gasteiger partial charge is 0.351 e. The van der Waals surface area contributed by atoms with E-state index in [4.69, 9.17) is 0 Å². The van der Waals surface area contributed by atoms with Gasteiger partial charge in [0.25, 0.3) is 11.1 Å². The molecule has 34 heavy (non-hydrogen) atoms. The number of rotatable bonds is 6. The molecule has 2 fully saturated rings. The second-order valence-corrected chi connectivity index (χ2v) is 9.27. The summed E-state index contributed by atoms with van der Waals surface area (Å²) in [4.78, 5) is 36.4. The van der Waals surface area contributed by atoms with E-state index >= 15 is 0 Å². The third-order valence-electron chi connectivity index (χ3n) is 5.99. The molecule has 4 rings (SSSR count). The van der Waals surface area contributed by atoms with Crippen molar-refractivity contribution in [1.29, 1.82) is 0 Å². The van der Waals surface area contributed by atoms with Crippen molar-refractivity contribution >= 4 is 46.4 Å². The monoisotopic (exact) mass is 476 g/mol. The first kappa shape index (κ1) is 23.8. The topological polar surface area (TPSA) is 108 Å². The van der Waals surface area contributed by atoms with Crippen molar-refractivity contribution in [3.05, 3.63) is 65.0 Å². The number of benzene rings is 1. The van der Waals surface area contributed by atoms with E-state index in [1.165, 1.54) is 10.9 Å². The molecule has 2 heterocycles. The summed E-state index contributed by atoms with van der Waals surface area (Å²) in [7, 11) is 0. The Kier molecular flexibility index (Phi) is 7.87. The van der Waals surface area contributed by atoms with Crippen LogP contribution in [0.3, 0.4) is 0 Å². The Labute approximate surface area is 203 Å². The van der Waals surface area contributed by atoms with Crippen LogP contribution in [0.2, 0.25) is 0 Å². The van der Waals surface area contributed by atoms with Crippen LogP contribution in [0.5, 0.6) is 0 Å². The van der Waals surface area contributed by atoms with Crippen molar-refractivity contribution in [2.45, 2.75) is 51.2 Å². The molecule has 1 aliphatic heterocycles. The van der Waals surface area contributed by atoms with E-state index in [2.05, 4.69) is 55.8 Å². The first-order valence-corrected chi connectivity index (χ1v) is 12.2. The lowest BCUT2D eigenvalue weighted by atomic mass is 9.91. The zero-order valence-electron chi connectivity index (χ0n) is 19.1. The van der Waals surface area contributed by atoms with Gasteiger partial charge in [-0.2, -0.15) is 0 Å². The number of hydrogen-bond donors (Lipinski definition) is 3. The highest BCUT2D eigenvalue weighted by atomic mass is 32.2. The molecular weight excluding hydrogens is 448 g/mol. The molecule has 2 aromatic rings. The minimum atomic E-state index is -0.407. The molecule has 2 aliphatic rings. The summed E-state index contributed by atoms with van der Waals surface area (Å²) in [6.07, 6.45) is 11.2. The van der Waals surface area contributed by atoms with Crippen LogP contribution in [0, 0.1) is 0 Å². The van der Waals surface area contributed by atoms with Crippen LogP contribution in [-0.2, 0) is 11.3 Å². The Bertz CT molecular complexity index is 1180. The third kappa shape index (κ3) is 5.98. The summed E-state index contributed by atoms with van der Waals surface area (Å²) < 4.78 is 0. The van der Waals surface area contributed by atoms with Crippen LogP contribution in [0.15, 0.2) is 69.4 Å². The van der Waals surface area contributed by atoms with Crippen LogP contribution < -0.4 is 16.0 Å². The van der Waals surface area contributed by atoms with Gasteiger partial charge in [0.2, 0.25) is 5.96 Å². The van der Waals surface area contributed by atoms with Crippen LogP contribution in [-0.4, -0.2) is 40.9 Å². The number of hydrogen-bond acceptors (Lipinski definition) is 6. The minimum absolute atomic E-state index is 0.248. The number of carbonyl (C=O) groups excluding carboxylic acids is 2. The van der Waals surface area contributed by atoms with Gasteiger partial charge in [0.15, 0.2) is 0 Å². The number of thioether (sulfide) groups is 1. The van der Waals surface area contributed by atoms with Gasteiger partial charge in [-0.1, -0.05) is 30.3 Å². The summed E-state index contributed by atoms with van der Waals surface area (Å²) >= 11 is 0.865. The van der Waals surface area contributed by atoms with Gasteiger partial charge >= 0.3 is 0 Å². The van der Waals surface area contributed by atoms with Crippen molar-refractivity contribution in [2.75, 3.05) is 0 Å². The number of carbonyl (C=O) groups is 2. The molecule has 176 valence electrons. The molecule has 3 N–H and O–H groups in total. The first-order valence-electron chi connectivity index (χ1n) is 11.3. The van der Waals surface area contributed by atoms with Crippen molar-refractivity contribution in [1.82, 2.24) is 20.9 Å². The maximum atomic E-state index is 11.8. The molecule has 1 aliphatic carbocycles. The fourth-order valence-electron chi connectivity index (χ4n) is 4.17. The average Bonchev–Trinajstić information content (AvgIpc) is 3.18. The van der Waals surface area contributed by atoms with Crippen LogP contribution in [0.4, 0.5) is 4.79 Å². The Morgan fingerprint density at radius 2 is 1.97 bits per heavy atom. The highest BCUT2D eigenvalue weighted by Gasteiger charge is 2.25. The number of aliphatic imine (C=N–C) groups is 2. The Balaban J connectivity index is 1.30. The van der Waals surface area contributed by atoms with Crippen molar-refractivity contribution in [2.24, 2.45) is 9.98 Å². The highest BCUT2D eigenvalue weighted by Crippen LogP contribution is 2.25. The molecule has 1 aromatic heterocycles. The number of aromatic nitrogens is 1. The number of fused-ring (bicyclic) bond motifs is 1. The lowest BCUT2D eigenvalue weighted by Crippen LogP contribution is -2.41. The summed E-state index contributed by atoms with van der Waals surface area (Å²) in [5.41, 5.74) is 1.76. The number of amides is 2. The molecule has 0 spiro atoms. The molecular formula is C25H28N6O2S. The van der Waals surface area contributed by atoms with Crippen LogP contribution >= 0.6 is 11.8 Å². The second-order valence-electron chi connectivity index (χ2n) is 8.25. The zero-order chi connectivity index (χ0) is 23.9. The summed E-state index contributed by atoms with van der Waals surface area (Å²) in [5, 5.41) is 11.3. The van der Waals surface area contributed by atoms with Gasteiger partial charge in [-0.05, 0) is 68.1 Å². The van der Waals surface area contributed by atoms with Crippen LogP contribution in [0.25, 0.3) is 10.8 Å². The van der Waals surface area contributed by atoms with E-state index in [-0.39, 0.29) is 11.3 Å². The number of nitrogens with one attached hydrogen (secondary N) is 3. The lowest BCUT2D eigenvalue weighted by Gasteiger charge is -2.30. The second kappa shape index (κ2) is 11.2.